The minimum atomic E-state index is -0.725. The number of nitrogens with one attached hydrogen (secondary N) is 1. The lowest BCUT2D eigenvalue weighted by Gasteiger charge is -2.36. The lowest BCUT2D eigenvalue weighted by molar-refractivity contribution is -0.141. The Hall–Kier alpha value is -1.06. The molecule has 0 aromatic rings. The van der Waals surface area contributed by atoms with E-state index >= 15 is 0 Å². The van der Waals surface area contributed by atoms with Crippen molar-refractivity contribution >= 4 is 11.9 Å². The smallest absolute Gasteiger partial charge is 0.306 e. The molecule has 2 fully saturated rings. The summed E-state index contributed by atoms with van der Waals surface area (Å²) >= 11 is 0. The third kappa shape index (κ3) is 4.21. The Balaban J connectivity index is 1.77. The van der Waals surface area contributed by atoms with E-state index < -0.39 is 5.97 Å². The van der Waals surface area contributed by atoms with Crippen LogP contribution in [0.25, 0.3) is 0 Å². The summed E-state index contributed by atoms with van der Waals surface area (Å²) in [6.45, 7) is 6.84. The summed E-state index contributed by atoms with van der Waals surface area (Å²) in [6, 6.07) is 0.0685. The van der Waals surface area contributed by atoms with Crippen molar-refractivity contribution in [1.29, 1.82) is 0 Å². The maximum Gasteiger partial charge on any atom is 0.306 e. The lowest BCUT2D eigenvalue weighted by atomic mass is 9.69. The van der Waals surface area contributed by atoms with Crippen LogP contribution in [0.1, 0.15) is 65.7 Å². The fourth-order valence-corrected chi connectivity index (χ4v) is 3.88. The van der Waals surface area contributed by atoms with Crippen LogP contribution >= 0.6 is 0 Å². The van der Waals surface area contributed by atoms with E-state index in [9.17, 15) is 9.59 Å². The van der Waals surface area contributed by atoms with E-state index in [0.29, 0.717) is 24.2 Å². The van der Waals surface area contributed by atoms with Gasteiger partial charge in [-0.15, -0.1) is 0 Å². The predicted molar refractivity (Wildman–Crippen MR) is 81.8 cm³/mol. The average molecular weight is 295 g/mol. The molecule has 0 aromatic heterocycles. The number of rotatable bonds is 3. The van der Waals surface area contributed by atoms with Crippen molar-refractivity contribution in [3.8, 4) is 0 Å². The fraction of sp³-hybridized carbons (Fsp3) is 0.882. The van der Waals surface area contributed by atoms with Gasteiger partial charge in [-0.2, -0.15) is 0 Å². The minimum Gasteiger partial charge on any atom is -0.481 e. The van der Waals surface area contributed by atoms with E-state index in [1.165, 1.54) is 0 Å². The Bertz CT molecular complexity index is 391. The third-order valence-corrected chi connectivity index (χ3v) is 5.45. The second-order valence-corrected chi connectivity index (χ2v) is 7.97. The molecule has 4 nitrogen and oxygen atoms in total. The topological polar surface area (TPSA) is 66.4 Å². The van der Waals surface area contributed by atoms with Gasteiger partial charge in [0.2, 0.25) is 5.91 Å². The first kappa shape index (κ1) is 16.3. The monoisotopic (exact) mass is 295 g/mol. The van der Waals surface area contributed by atoms with Crippen LogP contribution in [0.4, 0.5) is 0 Å². The minimum absolute atomic E-state index is 0.0685. The van der Waals surface area contributed by atoms with Crippen molar-refractivity contribution in [3.05, 3.63) is 0 Å². The van der Waals surface area contributed by atoms with Crippen molar-refractivity contribution in [2.24, 2.45) is 23.2 Å². The highest BCUT2D eigenvalue weighted by atomic mass is 16.4. The van der Waals surface area contributed by atoms with Gasteiger partial charge in [-0.3, -0.25) is 9.59 Å². The zero-order valence-corrected chi connectivity index (χ0v) is 13.5. The van der Waals surface area contributed by atoms with E-state index in [-0.39, 0.29) is 23.8 Å². The normalized spacial score (nSPS) is 33.7. The highest BCUT2D eigenvalue weighted by molar-refractivity contribution is 5.79. The molecule has 2 rings (SSSR count). The Morgan fingerprint density at radius 2 is 1.52 bits per heavy atom. The molecule has 2 unspecified atom stereocenters. The van der Waals surface area contributed by atoms with Gasteiger partial charge in [0.1, 0.15) is 0 Å². The van der Waals surface area contributed by atoms with Gasteiger partial charge in [-0.25, -0.2) is 0 Å². The van der Waals surface area contributed by atoms with Gasteiger partial charge in [0.15, 0.2) is 0 Å². The highest BCUT2D eigenvalue weighted by Crippen LogP contribution is 2.40. The Labute approximate surface area is 127 Å². The van der Waals surface area contributed by atoms with Gasteiger partial charge in [0, 0.05) is 12.0 Å². The molecule has 0 aliphatic heterocycles. The molecule has 2 saturated carbocycles. The van der Waals surface area contributed by atoms with Gasteiger partial charge < -0.3 is 10.4 Å². The number of aliphatic carboxylic acids is 1. The van der Waals surface area contributed by atoms with E-state index in [2.05, 4.69) is 26.1 Å². The van der Waals surface area contributed by atoms with Gasteiger partial charge in [0.25, 0.3) is 0 Å². The number of carboxylic acids is 1. The van der Waals surface area contributed by atoms with Gasteiger partial charge >= 0.3 is 5.97 Å². The molecule has 0 bridgehead atoms. The van der Waals surface area contributed by atoms with Crippen LogP contribution in [0, 0.1) is 23.2 Å². The van der Waals surface area contributed by atoms with Crippen molar-refractivity contribution < 1.29 is 14.7 Å². The molecule has 120 valence electrons. The molecule has 0 radical (unpaired) electrons. The number of amides is 1. The van der Waals surface area contributed by atoms with E-state index in [1.807, 2.05) is 0 Å². The molecule has 21 heavy (non-hydrogen) atoms. The van der Waals surface area contributed by atoms with Gasteiger partial charge in [0.05, 0.1) is 5.92 Å². The quantitative estimate of drug-likeness (QED) is 0.840. The number of carbonyl (C=O) groups excluding carboxylic acids is 1. The molecule has 0 heterocycles. The lowest BCUT2D eigenvalue weighted by Crippen LogP contribution is -2.40. The summed E-state index contributed by atoms with van der Waals surface area (Å²) in [6.07, 6.45) is 6.30. The maximum absolute atomic E-state index is 12.3. The molecule has 4 heteroatoms. The molecule has 0 saturated heterocycles. The zero-order chi connectivity index (χ0) is 15.6. The molecule has 0 spiro atoms. The van der Waals surface area contributed by atoms with Crippen LogP contribution in [0.3, 0.4) is 0 Å². The SMILES string of the molecule is CC(C)(C)C1CCC(C(=O)NC2CCC(C(=O)O)C2)CC1. The summed E-state index contributed by atoms with van der Waals surface area (Å²) in [4.78, 5) is 23.3. The van der Waals surface area contributed by atoms with E-state index in [4.69, 9.17) is 5.11 Å². The van der Waals surface area contributed by atoms with Crippen LogP contribution in [-0.4, -0.2) is 23.0 Å². The summed E-state index contributed by atoms with van der Waals surface area (Å²) in [5.41, 5.74) is 0.335. The van der Waals surface area contributed by atoms with Crippen LogP contribution in [0.5, 0.6) is 0 Å². The molecular formula is C17H29NO3. The number of hydrogen-bond donors (Lipinski definition) is 2. The van der Waals surface area contributed by atoms with Crippen molar-refractivity contribution in [3.63, 3.8) is 0 Å². The Kier molecular flexibility index (Phi) is 4.95. The summed E-state index contributed by atoms with van der Waals surface area (Å²) in [5.74, 6) is -0.000316. The van der Waals surface area contributed by atoms with Gasteiger partial charge in [-0.05, 0) is 56.3 Å². The molecule has 0 aromatic carbocycles. The second kappa shape index (κ2) is 6.37. The van der Waals surface area contributed by atoms with Crippen LogP contribution < -0.4 is 5.32 Å². The average Bonchev–Trinajstić information content (AvgIpc) is 2.86. The molecule has 2 aliphatic rings. The van der Waals surface area contributed by atoms with Crippen LogP contribution in [0.2, 0.25) is 0 Å². The molecule has 2 aliphatic carbocycles. The van der Waals surface area contributed by atoms with E-state index in [1.54, 1.807) is 0 Å². The number of carboxylic acid groups (broad SMARTS) is 1. The highest BCUT2D eigenvalue weighted by Gasteiger charge is 2.35. The van der Waals surface area contributed by atoms with Crippen LogP contribution in [0.15, 0.2) is 0 Å². The zero-order valence-electron chi connectivity index (χ0n) is 13.5. The first-order valence-corrected chi connectivity index (χ1v) is 8.30. The molecule has 2 N–H and O–H groups in total. The predicted octanol–water partition coefficient (Wildman–Crippen LogP) is 3.21. The fourth-order valence-electron chi connectivity index (χ4n) is 3.88. The molecule has 2 atom stereocenters. The van der Waals surface area contributed by atoms with Crippen molar-refractivity contribution in [2.75, 3.05) is 0 Å². The number of carbonyl (C=O) groups is 2. The third-order valence-electron chi connectivity index (χ3n) is 5.45. The number of hydrogen-bond acceptors (Lipinski definition) is 2. The van der Waals surface area contributed by atoms with Crippen molar-refractivity contribution in [2.45, 2.75) is 71.8 Å². The van der Waals surface area contributed by atoms with Crippen LogP contribution in [-0.2, 0) is 9.59 Å². The Morgan fingerprint density at radius 3 is 2.00 bits per heavy atom. The van der Waals surface area contributed by atoms with Crippen molar-refractivity contribution in [1.82, 2.24) is 5.32 Å². The van der Waals surface area contributed by atoms with Gasteiger partial charge in [-0.1, -0.05) is 20.8 Å². The second-order valence-electron chi connectivity index (χ2n) is 7.97. The molecular weight excluding hydrogens is 266 g/mol. The first-order chi connectivity index (χ1) is 9.77. The maximum atomic E-state index is 12.3. The standard InChI is InChI=1S/C17H29NO3/c1-17(2,3)13-7-4-11(5-8-13)15(19)18-14-9-6-12(10-14)16(20)21/h11-14H,4-10H2,1-3H3,(H,18,19)(H,20,21). The summed E-state index contributed by atoms with van der Waals surface area (Å²) in [7, 11) is 0. The first-order valence-electron chi connectivity index (χ1n) is 8.30. The summed E-state index contributed by atoms with van der Waals surface area (Å²) in [5, 5.41) is 12.1. The summed E-state index contributed by atoms with van der Waals surface area (Å²) < 4.78 is 0. The van der Waals surface area contributed by atoms with E-state index in [0.717, 1.165) is 32.1 Å². The molecule has 1 amide bonds. The largest absolute Gasteiger partial charge is 0.481 e. The Morgan fingerprint density at radius 1 is 0.952 bits per heavy atom.